The number of pyridine rings is 1. The minimum Gasteiger partial charge on any atom is -0.496 e. The molecule has 36 heavy (non-hydrogen) atoms. The summed E-state index contributed by atoms with van der Waals surface area (Å²) in [6, 6.07) is 4.26. The van der Waals surface area contributed by atoms with E-state index in [4.69, 9.17) is 14.6 Å². The number of rotatable bonds is 7. The summed E-state index contributed by atoms with van der Waals surface area (Å²) < 4.78 is 93.7. The highest BCUT2D eigenvalue weighted by Gasteiger charge is 2.66. The highest BCUT2D eigenvalue weighted by Crippen LogP contribution is 2.55. The molecule has 0 spiro atoms. The quantitative estimate of drug-likeness (QED) is 0.470. The standard InChI is InChI=1S/C23H24F6N2O5/c1-10-16(12-5-6-13(24)17(20(25)26)18(12)35-3)19(36-22(10,2)23(27,28)29)21(34)31-11-4-7-14(30-8-11)15(33)9-32/h4-8,10,15-16,19-20,32-33H,9H2,1-3H3,(H,31,34)/t10?,15-,16?,19?,22?/m1/s1. The third-order valence-electron chi connectivity index (χ3n) is 6.45. The SMILES string of the molecule is COc1c(C2C(C(=O)Nc3ccc([C@H](O)CO)nc3)OC(C)(C(F)(F)F)C2C)ccc(F)c1C(F)F. The molecule has 1 aliphatic rings. The van der Waals surface area contributed by atoms with E-state index in [1.807, 2.05) is 0 Å². The van der Waals surface area contributed by atoms with Crippen molar-refractivity contribution in [1.82, 2.24) is 4.98 Å². The van der Waals surface area contributed by atoms with Crippen molar-refractivity contribution in [3.8, 4) is 5.75 Å². The summed E-state index contributed by atoms with van der Waals surface area (Å²) in [7, 11) is 0.969. The predicted octanol–water partition coefficient (Wildman–Crippen LogP) is 4.27. The molecule has 1 aromatic heterocycles. The van der Waals surface area contributed by atoms with E-state index in [9.17, 15) is 36.2 Å². The third-order valence-corrected chi connectivity index (χ3v) is 6.45. The third kappa shape index (κ3) is 4.87. The average Bonchev–Trinajstić information content (AvgIpc) is 3.10. The second-order valence-electron chi connectivity index (χ2n) is 8.50. The average molecular weight is 522 g/mol. The fourth-order valence-corrected chi connectivity index (χ4v) is 4.29. The van der Waals surface area contributed by atoms with Crippen LogP contribution < -0.4 is 10.1 Å². The zero-order valence-electron chi connectivity index (χ0n) is 19.3. The largest absolute Gasteiger partial charge is 0.496 e. The van der Waals surface area contributed by atoms with Crippen LogP contribution in [0.3, 0.4) is 0 Å². The molecular formula is C23H24F6N2O5. The van der Waals surface area contributed by atoms with Crippen LogP contribution in [-0.4, -0.2) is 52.7 Å². The Balaban J connectivity index is 2.06. The number of ether oxygens (including phenoxy) is 2. The summed E-state index contributed by atoms with van der Waals surface area (Å²) in [4.78, 5) is 17.0. The fraction of sp³-hybridized carbons (Fsp3) is 0.478. The number of anilines is 1. The molecule has 0 bridgehead atoms. The topological polar surface area (TPSA) is 101 Å². The number of amides is 1. The summed E-state index contributed by atoms with van der Waals surface area (Å²) in [5.74, 6) is -5.94. The van der Waals surface area contributed by atoms with Crippen LogP contribution in [0.1, 0.15) is 49.1 Å². The number of nitrogens with one attached hydrogen (secondary N) is 1. The predicted molar refractivity (Wildman–Crippen MR) is 114 cm³/mol. The van der Waals surface area contributed by atoms with Crippen LogP contribution >= 0.6 is 0 Å². The van der Waals surface area contributed by atoms with Crippen molar-refractivity contribution in [3.63, 3.8) is 0 Å². The van der Waals surface area contributed by atoms with Crippen LogP contribution in [0.15, 0.2) is 30.5 Å². The summed E-state index contributed by atoms with van der Waals surface area (Å²) in [6.45, 7) is 1.29. The number of aliphatic hydroxyl groups excluding tert-OH is 2. The molecule has 2 aromatic rings. The van der Waals surface area contributed by atoms with Crippen LogP contribution in [0.2, 0.25) is 0 Å². The van der Waals surface area contributed by atoms with Gasteiger partial charge in [-0.25, -0.2) is 13.2 Å². The molecule has 3 rings (SSSR count). The highest BCUT2D eigenvalue weighted by molar-refractivity contribution is 5.95. The molecule has 0 radical (unpaired) electrons. The molecule has 3 N–H and O–H groups in total. The molecular weight excluding hydrogens is 498 g/mol. The van der Waals surface area contributed by atoms with E-state index in [2.05, 4.69) is 10.3 Å². The van der Waals surface area contributed by atoms with Crippen molar-refractivity contribution < 1.29 is 50.8 Å². The fourth-order valence-electron chi connectivity index (χ4n) is 4.29. The Morgan fingerprint density at radius 1 is 1.28 bits per heavy atom. The molecule has 0 aliphatic carbocycles. The first kappa shape index (κ1) is 27.7. The number of methoxy groups -OCH3 is 1. The van der Waals surface area contributed by atoms with Gasteiger partial charge < -0.3 is 25.0 Å². The number of aliphatic hydroxyl groups is 2. The van der Waals surface area contributed by atoms with Gasteiger partial charge in [-0.1, -0.05) is 13.0 Å². The van der Waals surface area contributed by atoms with Gasteiger partial charge in [-0.2, -0.15) is 13.2 Å². The van der Waals surface area contributed by atoms with Crippen molar-refractivity contribution in [3.05, 3.63) is 53.1 Å². The van der Waals surface area contributed by atoms with E-state index in [1.165, 1.54) is 12.1 Å². The minimum atomic E-state index is -4.94. The van der Waals surface area contributed by atoms with Crippen LogP contribution in [0.5, 0.6) is 5.75 Å². The monoisotopic (exact) mass is 522 g/mol. The molecule has 0 saturated carbocycles. The Bertz CT molecular complexity index is 1100. The van der Waals surface area contributed by atoms with Gasteiger partial charge in [0.15, 0.2) is 5.60 Å². The normalized spacial score (nSPS) is 25.2. The second kappa shape index (κ2) is 10.2. The smallest absolute Gasteiger partial charge is 0.417 e. The van der Waals surface area contributed by atoms with E-state index in [0.717, 1.165) is 33.2 Å². The Hall–Kier alpha value is -2.90. The molecule has 1 amide bonds. The molecule has 4 unspecified atom stereocenters. The van der Waals surface area contributed by atoms with Crippen LogP contribution in [0.4, 0.5) is 32.0 Å². The van der Waals surface area contributed by atoms with Crippen molar-refractivity contribution in [2.24, 2.45) is 5.92 Å². The maximum atomic E-state index is 14.2. The first-order chi connectivity index (χ1) is 16.8. The zero-order valence-corrected chi connectivity index (χ0v) is 19.3. The van der Waals surface area contributed by atoms with Gasteiger partial charge >= 0.3 is 6.18 Å². The van der Waals surface area contributed by atoms with E-state index in [0.29, 0.717) is 6.07 Å². The molecule has 1 fully saturated rings. The van der Waals surface area contributed by atoms with Gasteiger partial charge in [0.25, 0.3) is 12.3 Å². The summed E-state index contributed by atoms with van der Waals surface area (Å²) in [5, 5.41) is 21.0. The lowest BCUT2D eigenvalue weighted by molar-refractivity contribution is -0.272. The van der Waals surface area contributed by atoms with Gasteiger partial charge in [0.05, 0.1) is 36.9 Å². The minimum absolute atomic E-state index is 0.0313. The maximum absolute atomic E-state index is 14.2. The summed E-state index contributed by atoms with van der Waals surface area (Å²) in [5.41, 5.74) is -4.11. The Morgan fingerprint density at radius 2 is 1.94 bits per heavy atom. The number of halogens is 6. The number of hydrogen-bond donors (Lipinski definition) is 3. The molecule has 198 valence electrons. The molecule has 2 heterocycles. The lowest BCUT2D eigenvalue weighted by atomic mass is 9.76. The van der Waals surface area contributed by atoms with Crippen molar-refractivity contribution in [2.75, 3.05) is 19.0 Å². The molecule has 1 aliphatic heterocycles. The van der Waals surface area contributed by atoms with Gasteiger partial charge in [0.1, 0.15) is 23.8 Å². The number of alkyl halides is 5. The Kier molecular flexibility index (Phi) is 7.86. The molecule has 5 atom stereocenters. The Labute approximate surface area is 202 Å². The number of carbonyl (C=O) groups excluding carboxylic acids is 1. The van der Waals surface area contributed by atoms with Crippen LogP contribution in [0.25, 0.3) is 0 Å². The number of aromatic nitrogens is 1. The number of nitrogens with zero attached hydrogens (tertiary/aromatic N) is 1. The van der Waals surface area contributed by atoms with E-state index >= 15 is 0 Å². The maximum Gasteiger partial charge on any atom is 0.417 e. The van der Waals surface area contributed by atoms with Gasteiger partial charge in [-0.05, 0) is 25.1 Å². The Morgan fingerprint density at radius 3 is 2.44 bits per heavy atom. The van der Waals surface area contributed by atoms with Gasteiger partial charge in [-0.15, -0.1) is 0 Å². The zero-order chi connectivity index (χ0) is 27.0. The molecule has 1 aromatic carbocycles. The molecule has 13 heteroatoms. The van der Waals surface area contributed by atoms with Gasteiger partial charge in [0.2, 0.25) is 0 Å². The van der Waals surface area contributed by atoms with Crippen molar-refractivity contribution in [2.45, 2.75) is 50.2 Å². The van der Waals surface area contributed by atoms with Crippen molar-refractivity contribution >= 4 is 11.6 Å². The van der Waals surface area contributed by atoms with Crippen molar-refractivity contribution in [1.29, 1.82) is 0 Å². The van der Waals surface area contributed by atoms with Gasteiger partial charge in [0, 0.05) is 17.4 Å². The number of hydrogen-bond acceptors (Lipinski definition) is 6. The first-order valence-corrected chi connectivity index (χ1v) is 10.7. The molecule has 1 saturated heterocycles. The highest BCUT2D eigenvalue weighted by atomic mass is 19.4. The lowest BCUT2D eigenvalue weighted by Gasteiger charge is -2.32. The second-order valence-corrected chi connectivity index (χ2v) is 8.50. The number of carbonyl (C=O) groups is 1. The summed E-state index contributed by atoms with van der Waals surface area (Å²) in [6.07, 6.45) is -10.3. The van der Waals surface area contributed by atoms with E-state index in [-0.39, 0.29) is 16.9 Å². The first-order valence-electron chi connectivity index (χ1n) is 10.7. The van der Waals surface area contributed by atoms with Crippen LogP contribution in [-0.2, 0) is 9.53 Å². The van der Waals surface area contributed by atoms with Crippen LogP contribution in [0, 0.1) is 11.7 Å². The van der Waals surface area contributed by atoms with E-state index < -0.39 is 71.9 Å². The van der Waals surface area contributed by atoms with Gasteiger partial charge in [-0.3, -0.25) is 9.78 Å². The van der Waals surface area contributed by atoms with E-state index in [1.54, 1.807) is 0 Å². The summed E-state index contributed by atoms with van der Waals surface area (Å²) >= 11 is 0. The number of benzene rings is 1. The molecule has 7 nitrogen and oxygen atoms in total. The lowest BCUT2D eigenvalue weighted by Crippen LogP contribution is -2.47.